The lowest BCUT2D eigenvalue weighted by Gasteiger charge is -2.30. The number of aliphatic hydroxyl groups excluding tert-OH is 1. The van der Waals surface area contributed by atoms with E-state index in [1.165, 1.54) is 24.1 Å². The number of ether oxygens (including phenoxy) is 1. The summed E-state index contributed by atoms with van der Waals surface area (Å²) in [4.78, 5) is 12.0. The van der Waals surface area contributed by atoms with Crippen LogP contribution < -0.4 is 5.73 Å². The van der Waals surface area contributed by atoms with Crippen LogP contribution in [0.2, 0.25) is 0 Å². The number of rotatable bonds is 1. The van der Waals surface area contributed by atoms with Crippen molar-refractivity contribution in [2.75, 3.05) is 5.73 Å². The van der Waals surface area contributed by atoms with Crippen molar-refractivity contribution >= 4 is 17.0 Å². The van der Waals surface area contributed by atoms with Crippen LogP contribution in [0.4, 0.5) is 5.82 Å². The maximum Gasteiger partial charge on any atom is 0.205 e. The van der Waals surface area contributed by atoms with Gasteiger partial charge in [-0.05, 0) is 6.92 Å². The monoisotopic (exact) mass is 303 g/mol. The van der Waals surface area contributed by atoms with Crippen molar-refractivity contribution in [3.05, 3.63) is 12.7 Å². The zero-order valence-corrected chi connectivity index (χ0v) is 11.5. The number of aromatic nitrogens is 4. The average molecular weight is 303 g/mol. The Bertz CT molecular complexity index is 847. The predicted molar refractivity (Wildman–Crippen MR) is 73.0 cm³/mol. The third kappa shape index (κ3) is 1.12. The SMILES string of the molecule is C#CC1(O)C(n2cnc3c(N)ncnc32)OC2(C)C(O)C12O. The number of nitrogens with two attached hydrogens (primary N) is 1. The highest BCUT2D eigenvalue weighted by Crippen LogP contribution is 2.66. The third-order valence-electron chi connectivity index (χ3n) is 4.75. The molecule has 5 atom stereocenters. The van der Waals surface area contributed by atoms with Gasteiger partial charge in [-0.25, -0.2) is 15.0 Å². The molecule has 3 heterocycles. The van der Waals surface area contributed by atoms with Crippen LogP contribution in [0.1, 0.15) is 13.2 Å². The first-order valence-electron chi connectivity index (χ1n) is 6.52. The molecule has 9 nitrogen and oxygen atoms in total. The van der Waals surface area contributed by atoms with Crippen molar-refractivity contribution in [2.24, 2.45) is 0 Å². The molecule has 0 amide bonds. The fraction of sp³-hybridized carbons (Fsp3) is 0.462. The van der Waals surface area contributed by atoms with Crippen molar-refractivity contribution < 1.29 is 20.1 Å². The minimum atomic E-state index is -2.14. The molecular weight excluding hydrogens is 290 g/mol. The molecule has 0 bridgehead atoms. The molecule has 9 heteroatoms. The van der Waals surface area contributed by atoms with Gasteiger partial charge in [0.2, 0.25) is 5.60 Å². The molecule has 4 rings (SSSR count). The van der Waals surface area contributed by atoms with Gasteiger partial charge >= 0.3 is 0 Å². The summed E-state index contributed by atoms with van der Waals surface area (Å²) >= 11 is 0. The molecule has 114 valence electrons. The van der Waals surface area contributed by atoms with E-state index < -0.39 is 29.1 Å². The van der Waals surface area contributed by atoms with Crippen molar-refractivity contribution in [3.8, 4) is 12.3 Å². The Morgan fingerprint density at radius 2 is 2.14 bits per heavy atom. The number of terminal acetylenes is 1. The lowest BCUT2D eigenvalue weighted by atomic mass is 9.92. The van der Waals surface area contributed by atoms with Gasteiger partial charge in [-0.3, -0.25) is 4.57 Å². The van der Waals surface area contributed by atoms with Gasteiger partial charge in [0.15, 0.2) is 23.3 Å². The summed E-state index contributed by atoms with van der Waals surface area (Å²) in [7, 11) is 0. The fourth-order valence-electron chi connectivity index (χ4n) is 3.28. The number of hydrogen-bond donors (Lipinski definition) is 4. The summed E-state index contributed by atoms with van der Waals surface area (Å²) in [5.41, 5.74) is 0.866. The van der Waals surface area contributed by atoms with E-state index in [-0.39, 0.29) is 5.82 Å². The fourth-order valence-corrected chi connectivity index (χ4v) is 3.28. The van der Waals surface area contributed by atoms with Crippen LogP contribution in [0.3, 0.4) is 0 Å². The number of nitrogen functional groups attached to an aromatic ring is 1. The van der Waals surface area contributed by atoms with Crippen LogP contribution >= 0.6 is 0 Å². The van der Waals surface area contributed by atoms with Gasteiger partial charge in [0.05, 0.1) is 6.33 Å². The maximum atomic E-state index is 10.8. The van der Waals surface area contributed by atoms with Crippen LogP contribution in [0.25, 0.3) is 11.2 Å². The molecule has 22 heavy (non-hydrogen) atoms. The Balaban J connectivity index is 1.91. The van der Waals surface area contributed by atoms with Gasteiger partial charge in [-0.2, -0.15) is 0 Å². The van der Waals surface area contributed by atoms with Gasteiger partial charge in [0.1, 0.15) is 23.5 Å². The number of imidazole rings is 1. The van der Waals surface area contributed by atoms with Crippen molar-refractivity contribution in [1.29, 1.82) is 0 Å². The highest BCUT2D eigenvalue weighted by atomic mass is 16.6. The van der Waals surface area contributed by atoms with E-state index in [0.717, 1.165) is 0 Å². The number of aliphatic hydroxyl groups is 3. The van der Waals surface area contributed by atoms with E-state index in [4.69, 9.17) is 16.9 Å². The molecule has 2 fully saturated rings. The van der Waals surface area contributed by atoms with Crippen LogP contribution in [0.5, 0.6) is 0 Å². The van der Waals surface area contributed by atoms with E-state index in [9.17, 15) is 15.3 Å². The molecule has 1 aliphatic heterocycles. The largest absolute Gasteiger partial charge is 0.387 e. The lowest BCUT2D eigenvalue weighted by Crippen LogP contribution is -2.50. The summed E-state index contributed by atoms with van der Waals surface area (Å²) in [6, 6.07) is 0. The number of fused-ring (bicyclic) bond motifs is 2. The van der Waals surface area contributed by atoms with Gasteiger partial charge < -0.3 is 25.8 Å². The van der Waals surface area contributed by atoms with E-state index in [1.807, 2.05) is 0 Å². The van der Waals surface area contributed by atoms with E-state index >= 15 is 0 Å². The summed E-state index contributed by atoms with van der Waals surface area (Å²) in [5, 5.41) is 31.2. The molecule has 5 unspecified atom stereocenters. The Morgan fingerprint density at radius 1 is 1.41 bits per heavy atom. The molecule has 1 saturated heterocycles. The molecule has 0 spiro atoms. The number of hydrogen-bond acceptors (Lipinski definition) is 8. The molecule has 0 aromatic carbocycles. The van der Waals surface area contributed by atoms with E-state index in [2.05, 4.69) is 20.9 Å². The van der Waals surface area contributed by atoms with Gasteiger partial charge in [-0.1, -0.05) is 5.92 Å². The molecular formula is C13H13N5O4. The molecule has 0 radical (unpaired) electrons. The first kappa shape index (κ1) is 13.4. The number of nitrogens with zero attached hydrogens (tertiary/aromatic N) is 4. The zero-order chi connectivity index (χ0) is 15.9. The first-order valence-corrected chi connectivity index (χ1v) is 6.52. The molecule has 1 aliphatic carbocycles. The standard InChI is InChI=1S/C13H13N5O4/c1-3-12(20)10(22-11(2)9(19)13(11,12)21)18-5-17-6-7(14)15-4-16-8(6)18/h1,4-5,9-10,19-21H,2H3,(H2,14,15,16). The van der Waals surface area contributed by atoms with E-state index in [1.54, 1.807) is 0 Å². The lowest BCUT2D eigenvalue weighted by molar-refractivity contribution is -0.142. The van der Waals surface area contributed by atoms with Crippen molar-refractivity contribution in [3.63, 3.8) is 0 Å². The molecule has 1 saturated carbocycles. The predicted octanol–water partition coefficient (Wildman–Crippen LogP) is -1.83. The summed E-state index contributed by atoms with van der Waals surface area (Å²) in [6.45, 7) is 1.47. The second-order valence-corrected chi connectivity index (χ2v) is 5.74. The summed E-state index contributed by atoms with van der Waals surface area (Å²) in [5.74, 6) is 2.31. The highest BCUT2D eigenvalue weighted by Gasteiger charge is 2.90. The minimum Gasteiger partial charge on any atom is -0.387 e. The molecule has 5 N–H and O–H groups in total. The van der Waals surface area contributed by atoms with Crippen molar-refractivity contribution in [2.45, 2.75) is 36.1 Å². The quantitative estimate of drug-likeness (QED) is 0.451. The average Bonchev–Trinajstić information content (AvgIpc) is 2.86. The maximum absolute atomic E-state index is 10.8. The zero-order valence-electron chi connectivity index (χ0n) is 11.5. The normalized spacial score (nSPS) is 43.0. The van der Waals surface area contributed by atoms with Crippen LogP contribution in [0.15, 0.2) is 12.7 Å². The highest BCUT2D eigenvalue weighted by molar-refractivity contribution is 5.81. The molecule has 2 aliphatic rings. The summed E-state index contributed by atoms with van der Waals surface area (Å²) < 4.78 is 7.04. The third-order valence-corrected chi connectivity index (χ3v) is 4.75. The van der Waals surface area contributed by atoms with Crippen molar-refractivity contribution in [1.82, 2.24) is 19.5 Å². The first-order chi connectivity index (χ1) is 10.3. The van der Waals surface area contributed by atoms with Gasteiger partial charge in [0.25, 0.3) is 0 Å². The molecule has 2 aromatic rings. The Labute approximate surface area is 124 Å². The second-order valence-electron chi connectivity index (χ2n) is 5.74. The minimum absolute atomic E-state index is 0.168. The van der Waals surface area contributed by atoms with Crippen LogP contribution in [-0.2, 0) is 4.74 Å². The topological polar surface area (TPSA) is 140 Å². The second kappa shape index (κ2) is 3.56. The van der Waals surface area contributed by atoms with Crippen LogP contribution in [-0.4, -0.2) is 57.7 Å². The molecule has 2 aromatic heterocycles. The Hall–Kier alpha value is -2.25. The smallest absolute Gasteiger partial charge is 0.205 e. The van der Waals surface area contributed by atoms with Crippen LogP contribution in [0, 0.1) is 12.3 Å². The van der Waals surface area contributed by atoms with Gasteiger partial charge in [0, 0.05) is 0 Å². The van der Waals surface area contributed by atoms with E-state index in [0.29, 0.717) is 11.2 Å². The Kier molecular flexibility index (Phi) is 2.17. The Morgan fingerprint density at radius 3 is 2.82 bits per heavy atom. The van der Waals surface area contributed by atoms with Gasteiger partial charge in [-0.15, -0.1) is 6.42 Å². The number of anilines is 1. The summed E-state index contributed by atoms with van der Waals surface area (Å²) in [6.07, 6.45) is 5.54.